The number of amides is 1. The monoisotopic (exact) mass is 287 g/mol. The smallest absolute Gasteiger partial charge is 0.339 e. The molecule has 0 aliphatic heterocycles. The fourth-order valence-electron chi connectivity index (χ4n) is 1.23. The molecule has 1 aromatic rings. The first-order valence-corrected chi connectivity index (χ1v) is 7.14. The summed E-state index contributed by atoms with van der Waals surface area (Å²) < 4.78 is 22.4. The maximum atomic E-state index is 11.6. The molecule has 0 spiro atoms. The molecule has 0 aliphatic rings. The summed E-state index contributed by atoms with van der Waals surface area (Å²) in [7, 11) is -3.52. The summed E-state index contributed by atoms with van der Waals surface area (Å²) in [5, 5.41) is 19.2. The quantitative estimate of drug-likeness (QED) is 0.740. The van der Waals surface area contributed by atoms with Crippen molar-refractivity contribution < 1.29 is 28.2 Å². The molecular formula is C11H13NO6S. The van der Waals surface area contributed by atoms with E-state index in [1.165, 1.54) is 13.0 Å². The molecule has 0 saturated heterocycles. The number of benzene rings is 1. The highest BCUT2D eigenvalue weighted by Crippen LogP contribution is 2.22. The summed E-state index contributed by atoms with van der Waals surface area (Å²) in [5.74, 6) is -2.58. The lowest BCUT2D eigenvalue weighted by molar-refractivity contribution is -0.115. The third kappa shape index (κ3) is 3.68. The summed E-state index contributed by atoms with van der Waals surface area (Å²) in [5.41, 5.74) is -0.197. The van der Waals surface area contributed by atoms with E-state index in [9.17, 15) is 23.1 Å². The van der Waals surface area contributed by atoms with Gasteiger partial charge in [-0.2, -0.15) is 0 Å². The Hall–Kier alpha value is -2.09. The molecule has 3 N–H and O–H groups in total. The summed E-state index contributed by atoms with van der Waals surface area (Å²) in [4.78, 5) is 22.3. The third-order valence-corrected chi connectivity index (χ3v) is 4.01. The number of hydrogen-bond donors (Lipinski definition) is 3. The SMILES string of the molecule is CC(C(=O)Nc1ccc(C(=O)O)c(O)c1)S(C)(=O)=O. The first-order chi connectivity index (χ1) is 8.62. The van der Waals surface area contributed by atoms with Crippen LogP contribution in [0.4, 0.5) is 5.69 Å². The van der Waals surface area contributed by atoms with E-state index in [4.69, 9.17) is 5.11 Å². The zero-order valence-corrected chi connectivity index (χ0v) is 11.1. The van der Waals surface area contributed by atoms with Crippen LogP contribution in [0.25, 0.3) is 0 Å². The summed E-state index contributed by atoms with van der Waals surface area (Å²) in [6.07, 6.45) is 0.933. The summed E-state index contributed by atoms with van der Waals surface area (Å²) in [6, 6.07) is 3.41. The van der Waals surface area contributed by atoms with Crippen molar-refractivity contribution in [1.82, 2.24) is 0 Å². The van der Waals surface area contributed by atoms with Crippen LogP contribution in [0.5, 0.6) is 5.75 Å². The molecule has 19 heavy (non-hydrogen) atoms. The number of carbonyl (C=O) groups excluding carboxylic acids is 1. The van der Waals surface area contributed by atoms with Gasteiger partial charge in [0.1, 0.15) is 16.6 Å². The first kappa shape index (κ1) is 15.0. The van der Waals surface area contributed by atoms with Gasteiger partial charge in [0, 0.05) is 18.0 Å². The predicted molar refractivity (Wildman–Crippen MR) is 68.0 cm³/mol. The lowest BCUT2D eigenvalue weighted by Crippen LogP contribution is -2.31. The molecule has 0 radical (unpaired) electrons. The molecule has 0 bridgehead atoms. The van der Waals surface area contributed by atoms with E-state index >= 15 is 0 Å². The Bertz CT molecular complexity index is 622. The second kappa shape index (κ2) is 5.27. The van der Waals surface area contributed by atoms with Gasteiger partial charge in [-0.15, -0.1) is 0 Å². The van der Waals surface area contributed by atoms with Crippen LogP contribution in [0.2, 0.25) is 0 Å². The van der Waals surface area contributed by atoms with Gasteiger partial charge < -0.3 is 15.5 Å². The fourth-order valence-corrected chi connectivity index (χ4v) is 1.68. The average Bonchev–Trinajstić information content (AvgIpc) is 2.26. The van der Waals surface area contributed by atoms with E-state index in [1.807, 2.05) is 0 Å². The molecule has 1 atom stereocenters. The average molecular weight is 287 g/mol. The third-order valence-electron chi connectivity index (χ3n) is 2.51. The molecular weight excluding hydrogens is 274 g/mol. The fraction of sp³-hybridized carbons (Fsp3) is 0.273. The van der Waals surface area contributed by atoms with Gasteiger partial charge in [0.15, 0.2) is 9.84 Å². The number of nitrogens with one attached hydrogen (secondary N) is 1. The van der Waals surface area contributed by atoms with E-state index in [-0.39, 0.29) is 11.3 Å². The number of carboxylic acid groups (broad SMARTS) is 1. The zero-order valence-electron chi connectivity index (χ0n) is 10.2. The first-order valence-electron chi connectivity index (χ1n) is 5.19. The van der Waals surface area contributed by atoms with Crippen molar-refractivity contribution in [3.8, 4) is 5.75 Å². The van der Waals surface area contributed by atoms with Crippen molar-refractivity contribution in [1.29, 1.82) is 0 Å². The Morgan fingerprint density at radius 2 is 1.89 bits per heavy atom. The van der Waals surface area contributed by atoms with Crippen LogP contribution < -0.4 is 5.32 Å². The molecule has 0 saturated carbocycles. The molecule has 0 aliphatic carbocycles. The van der Waals surface area contributed by atoms with E-state index in [0.29, 0.717) is 0 Å². The molecule has 0 fully saturated rings. The highest BCUT2D eigenvalue weighted by Gasteiger charge is 2.23. The van der Waals surface area contributed by atoms with Crippen molar-refractivity contribution in [2.24, 2.45) is 0 Å². The summed E-state index contributed by atoms with van der Waals surface area (Å²) >= 11 is 0. The summed E-state index contributed by atoms with van der Waals surface area (Å²) in [6.45, 7) is 1.23. The maximum Gasteiger partial charge on any atom is 0.339 e. The van der Waals surface area contributed by atoms with Gasteiger partial charge in [0.05, 0.1) is 0 Å². The Labute approximate surface area is 109 Å². The van der Waals surface area contributed by atoms with Crippen LogP contribution in [0.15, 0.2) is 18.2 Å². The maximum absolute atomic E-state index is 11.6. The number of aromatic hydroxyl groups is 1. The molecule has 0 heterocycles. The van der Waals surface area contributed by atoms with Crippen molar-refractivity contribution in [3.63, 3.8) is 0 Å². The van der Waals surface area contributed by atoms with Gasteiger partial charge in [-0.05, 0) is 19.1 Å². The highest BCUT2D eigenvalue weighted by molar-refractivity contribution is 7.92. The Kier molecular flexibility index (Phi) is 4.15. The molecule has 1 rings (SSSR count). The van der Waals surface area contributed by atoms with Crippen LogP contribution in [-0.2, 0) is 14.6 Å². The molecule has 7 nitrogen and oxygen atoms in total. The number of carboxylic acids is 1. The Balaban J connectivity index is 2.93. The van der Waals surface area contributed by atoms with Crippen LogP contribution >= 0.6 is 0 Å². The molecule has 0 aromatic heterocycles. The van der Waals surface area contributed by atoms with Crippen molar-refractivity contribution in [2.75, 3.05) is 11.6 Å². The molecule has 104 valence electrons. The second-order valence-electron chi connectivity index (χ2n) is 4.00. The van der Waals surface area contributed by atoms with Crippen molar-refractivity contribution in [3.05, 3.63) is 23.8 Å². The minimum Gasteiger partial charge on any atom is -0.507 e. The van der Waals surface area contributed by atoms with Gasteiger partial charge in [-0.1, -0.05) is 0 Å². The molecule has 8 heteroatoms. The Morgan fingerprint density at radius 3 is 2.32 bits per heavy atom. The lowest BCUT2D eigenvalue weighted by Gasteiger charge is -2.11. The van der Waals surface area contributed by atoms with E-state index in [0.717, 1.165) is 18.4 Å². The van der Waals surface area contributed by atoms with Gasteiger partial charge in [-0.25, -0.2) is 13.2 Å². The van der Waals surface area contributed by atoms with E-state index in [1.54, 1.807) is 0 Å². The van der Waals surface area contributed by atoms with Gasteiger partial charge >= 0.3 is 5.97 Å². The van der Waals surface area contributed by atoms with E-state index < -0.39 is 32.7 Å². The predicted octanol–water partition coefficient (Wildman–Crippen LogP) is 0.462. The van der Waals surface area contributed by atoms with Gasteiger partial charge in [0.2, 0.25) is 5.91 Å². The zero-order chi connectivity index (χ0) is 14.8. The van der Waals surface area contributed by atoms with Gasteiger partial charge in [0.25, 0.3) is 0 Å². The van der Waals surface area contributed by atoms with E-state index in [2.05, 4.69) is 5.32 Å². The number of anilines is 1. The van der Waals surface area contributed by atoms with Gasteiger partial charge in [-0.3, -0.25) is 4.79 Å². The van der Waals surface area contributed by atoms with Crippen molar-refractivity contribution in [2.45, 2.75) is 12.2 Å². The largest absolute Gasteiger partial charge is 0.507 e. The highest BCUT2D eigenvalue weighted by atomic mass is 32.2. The minimum absolute atomic E-state index is 0.114. The molecule has 1 aromatic carbocycles. The minimum atomic E-state index is -3.52. The van der Waals surface area contributed by atoms with Crippen LogP contribution in [0, 0.1) is 0 Å². The topological polar surface area (TPSA) is 121 Å². The second-order valence-corrected chi connectivity index (χ2v) is 6.36. The lowest BCUT2D eigenvalue weighted by atomic mass is 10.2. The number of hydrogen-bond acceptors (Lipinski definition) is 5. The number of sulfone groups is 1. The normalized spacial score (nSPS) is 12.7. The van der Waals surface area contributed by atoms with Crippen molar-refractivity contribution >= 4 is 27.4 Å². The number of aromatic carboxylic acids is 1. The number of phenols is 1. The number of carbonyl (C=O) groups is 2. The molecule has 1 unspecified atom stereocenters. The number of rotatable bonds is 4. The van der Waals surface area contributed by atoms with Crippen LogP contribution in [0.1, 0.15) is 17.3 Å². The Morgan fingerprint density at radius 1 is 1.32 bits per heavy atom. The standard InChI is InChI=1S/C11H13NO6S/c1-6(19(2,17)18)10(14)12-7-3-4-8(11(15)16)9(13)5-7/h3-6,13H,1-2H3,(H,12,14)(H,15,16). The molecule has 1 amide bonds. The van der Waals surface area contributed by atoms with Crippen LogP contribution in [-0.4, -0.2) is 42.0 Å². The van der Waals surface area contributed by atoms with Crippen LogP contribution in [0.3, 0.4) is 0 Å².